The molecule has 0 aliphatic heterocycles. The Bertz CT molecular complexity index is 368. The van der Waals surface area contributed by atoms with Gasteiger partial charge in [-0.25, -0.2) is 8.78 Å². The van der Waals surface area contributed by atoms with Gasteiger partial charge in [-0.2, -0.15) is 0 Å². The van der Waals surface area contributed by atoms with Crippen LogP contribution in [0.2, 0.25) is 0 Å². The number of rotatable bonds is 6. The summed E-state index contributed by atoms with van der Waals surface area (Å²) in [6.07, 6.45) is 3.26. The summed E-state index contributed by atoms with van der Waals surface area (Å²) >= 11 is 1.25. The van der Waals surface area contributed by atoms with E-state index in [-0.39, 0.29) is 4.90 Å². The van der Waals surface area contributed by atoms with Crippen LogP contribution < -0.4 is 5.32 Å². The number of hydrogen-bond acceptors (Lipinski definition) is 2. The van der Waals surface area contributed by atoms with Gasteiger partial charge in [-0.3, -0.25) is 0 Å². The Kier molecular flexibility index (Phi) is 4.40. The third-order valence-corrected chi connectivity index (χ3v) is 3.97. The highest BCUT2D eigenvalue weighted by molar-refractivity contribution is 7.99. The fraction of sp³-hybridized carbons (Fsp3) is 0.538. The Morgan fingerprint density at radius 2 is 1.94 bits per heavy atom. The molecule has 17 heavy (non-hydrogen) atoms. The molecule has 0 radical (unpaired) electrons. The summed E-state index contributed by atoms with van der Waals surface area (Å²) < 4.78 is 27.4. The molecule has 1 aliphatic rings. The van der Waals surface area contributed by atoms with Gasteiger partial charge in [0.1, 0.15) is 11.6 Å². The summed E-state index contributed by atoms with van der Waals surface area (Å²) in [5, 5.41) is 3.25. The maximum absolute atomic E-state index is 13.7. The predicted molar refractivity (Wildman–Crippen MR) is 67.2 cm³/mol. The third kappa shape index (κ3) is 3.68. The molecule has 4 heteroatoms. The number of benzene rings is 1. The highest BCUT2D eigenvalue weighted by Crippen LogP contribution is 2.27. The van der Waals surface area contributed by atoms with E-state index in [1.165, 1.54) is 36.7 Å². The fourth-order valence-electron chi connectivity index (χ4n) is 1.61. The topological polar surface area (TPSA) is 12.0 Å². The molecule has 0 atom stereocenters. The summed E-state index contributed by atoms with van der Waals surface area (Å²) in [6, 6.07) is 3.43. The van der Waals surface area contributed by atoms with Crippen molar-refractivity contribution >= 4 is 11.8 Å². The van der Waals surface area contributed by atoms with E-state index in [9.17, 15) is 8.78 Å². The van der Waals surface area contributed by atoms with Crippen LogP contribution in [0.1, 0.15) is 31.7 Å². The van der Waals surface area contributed by atoms with E-state index in [1.54, 1.807) is 0 Å². The summed E-state index contributed by atoms with van der Waals surface area (Å²) in [5.74, 6) is -0.125. The molecule has 1 aliphatic carbocycles. The van der Waals surface area contributed by atoms with Gasteiger partial charge in [-0.15, -0.1) is 11.8 Å². The number of hydrogen-bond donors (Lipinski definition) is 1. The summed E-state index contributed by atoms with van der Waals surface area (Å²) in [6.45, 7) is 2.55. The van der Waals surface area contributed by atoms with Crippen LogP contribution in [0, 0.1) is 11.6 Å². The maximum atomic E-state index is 13.7. The van der Waals surface area contributed by atoms with Crippen molar-refractivity contribution in [1.82, 2.24) is 5.32 Å². The van der Waals surface area contributed by atoms with Crippen molar-refractivity contribution in [3.63, 3.8) is 0 Å². The van der Waals surface area contributed by atoms with Gasteiger partial charge in [0, 0.05) is 12.6 Å². The molecule has 1 nitrogen and oxygen atoms in total. The lowest BCUT2D eigenvalue weighted by atomic mass is 10.2. The molecule has 0 spiro atoms. The Balaban J connectivity index is 2.03. The van der Waals surface area contributed by atoms with Crippen molar-refractivity contribution in [2.24, 2.45) is 0 Å². The van der Waals surface area contributed by atoms with E-state index < -0.39 is 11.6 Å². The minimum Gasteiger partial charge on any atom is -0.310 e. The van der Waals surface area contributed by atoms with Crippen LogP contribution in [0.3, 0.4) is 0 Å². The number of halogens is 2. The van der Waals surface area contributed by atoms with Crippen LogP contribution in [-0.4, -0.2) is 11.8 Å². The lowest BCUT2D eigenvalue weighted by molar-refractivity contribution is 0.534. The normalized spacial score (nSPS) is 15.2. The van der Waals surface area contributed by atoms with Crippen molar-refractivity contribution in [3.8, 4) is 0 Å². The molecular weight excluding hydrogens is 240 g/mol. The van der Waals surface area contributed by atoms with Crippen molar-refractivity contribution in [2.45, 2.75) is 43.7 Å². The highest BCUT2D eigenvalue weighted by atomic mass is 32.2. The van der Waals surface area contributed by atoms with Crippen LogP contribution in [0.25, 0.3) is 0 Å². The Morgan fingerprint density at radius 3 is 2.47 bits per heavy atom. The summed E-state index contributed by atoms with van der Waals surface area (Å²) in [5.41, 5.74) is 0.688. The minimum absolute atomic E-state index is 0.155. The lowest BCUT2D eigenvalue weighted by Crippen LogP contribution is -2.15. The molecule has 1 aromatic carbocycles. The molecule has 0 amide bonds. The monoisotopic (exact) mass is 257 g/mol. The van der Waals surface area contributed by atoms with Gasteiger partial charge in [0.25, 0.3) is 0 Å². The molecule has 1 aromatic rings. The first kappa shape index (κ1) is 12.8. The first-order valence-corrected chi connectivity index (χ1v) is 7.03. The van der Waals surface area contributed by atoms with Crippen molar-refractivity contribution < 1.29 is 8.78 Å². The van der Waals surface area contributed by atoms with Gasteiger partial charge in [0.2, 0.25) is 0 Å². The lowest BCUT2D eigenvalue weighted by Gasteiger charge is -2.08. The molecule has 1 saturated carbocycles. The third-order valence-electron chi connectivity index (χ3n) is 2.68. The second-order valence-electron chi connectivity index (χ2n) is 4.39. The van der Waals surface area contributed by atoms with E-state index in [2.05, 4.69) is 5.32 Å². The van der Waals surface area contributed by atoms with Crippen LogP contribution in [0.4, 0.5) is 8.78 Å². The average Bonchev–Trinajstić information content (AvgIpc) is 3.09. The SMILES string of the molecule is CCCSc1c(F)cc(CNC2CC2)cc1F. The second-order valence-corrected chi connectivity index (χ2v) is 5.50. The van der Waals surface area contributed by atoms with E-state index in [0.717, 1.165) is 12.2 Å². The zero-order valence-corrected chi connectivity index (χ0v) is 10.7. The van der Waals surface area contributed by atoms with Crippen LogP contribution >= 0.6 is 11.8 Å². The largest absolute Gasteiger partial charge is 0.310 e. The average molecular weight is 257 g/mol. The van der Waals surface area contributed by atoms with Crippen molar-refractivity contribution in [3.05, 3.63) is 29.3 Å². The zero-order valence-electron chi connectivity index (χ0n) is 9.93. The maximum Gasteiger partial charge on any atom is 0.140 e. The molecule has 1 N–H and O–H groups in total. The van der Waals surface area contributed by atoms with Crippen LogP contribution in [0.15, 0.2) is 17.0 Å². The van der Waals surface area contributed by atoms with Crippen molar-refractivity contribution in [1.29, 1.82) is 0 Å². The van der Waals surface area contributed by atoms with Gasteiger partial charge in [0.15, 0.2) is 0 Å². The molecule has 0 aromatic heterocycles. The van der Waals surface area contributed by atoms with Gasteiger partial charge >= 0.3 is 0 Å². The standard InChI is InChI=1S/C13H17F2NS/c1-2-5-17-13-11(14)6-9(7-12(13)15)8-16-10-3-4-10/h6-7,10,16H,2-5,8H2,1H3. The van der Waals surface area contributed by atoms with Gasteiger partial charge in [-0.05, 0) is 42.7 Å². The number of nitrogens with one attached hydrogen (secondary N) is 1. The number of thioether (sulfide) groups is 1. The smallest absolute Gasteiger partial charge is 0.140 e. The van der Waals surface area contributed by atoms with E-state index in [1.807, 2.05) is 6.92 Å². The van der Waals surface area contributed by atoms with Crippen molar-refractivity contribution in [2.75, 3.05) is 5.75 Å². The highest BCUT2D eigenvalue weighted by Gasteiger charge is 2.20. The van der Waals surface area contributed by atoms with E-state index >= 15 is 0 Å². The fourth-order valence-corrected chi connectivity index (χ4v) is 2.41. The molecule has 0 heterocycles. The summed E-state index contributed by atoms with van der Waals surface area (Å²) in [7, 11) is 0. The first-order valence-electron chi connectivity index (χ1n) is 6.04. The summed E-state index contributed by atoms with van der Waals surface area (Å²) in [4.78, 5) is 0.155. The molecule has 0 unspecified atom stereocenters. The first-order chi connectivity index (χ1) is 8.20. The molecule has 0 bridgehead atoms. The predicted octanol–water partition coefficient (Wildman–Crippen LogP) is 3.72. The van der Waals surface area contributed by atoms with Gasteiger partial charge in [-0.1, -0.05) is 6.92 Å². The molecule has 94 valence electrons. The Hall–Kier alpha value is -0.610. The Labute approximate surface area is 105 Å². The Morgan fingerprint density at radius 1 is 1.29 bits per heavy atom. The molecular formula is C13H17F2NS. The van der Waals surface area contributed by atoms with E-state index in [4.69, 9.17) is 0 Å². The zero-order chi connectivity index (χ0) is 12.3. The van der Waals surface area contributed by atoms with E-state index in [0.29, 0.717) is 18.2 Å². The van der Waals surface area contributed by atoms with Crippen LogP contribution in [-0.2, 0) is 6.54 Å². The molecule has 2 rings (SSSR count). The molecule has 0 saturated heterocycles. The van der Waals surface area contributed by atoms with Crippen LogP contribution in [0.5, 0.6) is 0 Å². The quantitative estimate of drug-likeness (QED) is 0.779. The van der Waals surface area contributed by atoms with Gasteiger partial charge < -0.3 is 5.32 Å². The van der Waals surface area contributed by atoms with Gasteiger partial charge in [0.05, 0.1) is 4.90 Å². The second kappa shape index (κ2) is 5.83. The molecule has 1 fully saturated rings. The minimum atomic E-state index is -0.434.